The lowest BCUT2D eigenvalue weighted by atomic mass is 10.1. The van der Waals surface area contributed by atoms with Gasteiger partial charge in [0.15, 0.2) is 0 Å². The summed E-state index contributed by atoms with van der Waals surface area (Å²) in [4.78, 5) is 40.1. The number of hydrogen-bond donors (Lipinski definition) is 0. The van der Waals surface area contributed by atoms with Gasteiger partial charge in [-0.2, -0.15) is 0 Å². The number of nitrogens with zero attached hydrogens (tertiary/aromatic N) is 3. The number of piperazine rings is 1. The molecule has 0 N–H and O–H groups in total. The number of piperidine rings is 1. The summed E-state index contributed by atoms with van der Waals surface area (Å²) < 4.78 is 0. The predicted molar refractivity (Wildman–Crippen MR) is 69.3 cm³/mol. The first-order chi connectivity index (χ1) is 9.08. The minimum atomic E-state index is -0.00143. The molecule has 2 aliphatic heterocycles. The third-order valence-corrected chi connectivity index (χ3v) is 3.83. The normalized spacial score (nSPS) is 20.7. The molecule has 2 fully saturated rings. The maximum absolute atomic E-state index is 12.1. The Kier molecular flexibility index (Phi) is 4.39. The van der Waals surface area contributed by atoms with Gasteiger partial charge >= 0.3 is 0 Å². The van der Waals surface area contributed by atoms with Gasteiger partial charge in [0.05, 0.1) is 6.54 Å². The van der Waals surface area contributed by atoms with Crippen molar-refractivity contribution in [1.82, 2.24) is 14.7 Å². The summed E-state index contributed by atoms with van der Waals surface area (Å²) in [5.74, 6) is 0.138. The molecule has 2 rings (SSSR count). The lowest BCUT2D eigenvalue weighted by Crippen LogP contribution is -2.53. The molecule has 2 aliphatic rings. The number of likely N-dealkylation sites (tertiary alicyclic amines) is 1. The molecule has 0 aromatic heterocycles. The maximum Gasteiger partial charge on any atom is 0.242 e. The molecular formula is C13H21N3O3. The van der Waals surface area contributed by atoms with Gasteiger partial charge in [0.2, 0.25) is 17.7 Å². The van der Waals surface area contributed by atoms with Crippen molar-refractivity contribution in [2.75, 3.05) is 39.3 Å². The molecule has 0 bridgehead atoms. The first kappa shape index (κ1) is 13.8. The molecule has 0 spiro atoms. The van der Waals surface area contributed by atoms with Crippen LogP contribution in [0.5, 0.6) is 0 Å². The molecule has 6 nitrogen and oxygen atoms in total. The predicted octanol–water partition coefficient (Wildman–Crippen LogP) is -0.310. The van der Waals surface area contributed by atoms with Crippen molar-refractivity contribution < 1.29 is 14.4 Å². The second-order valence-electron chi connectivity index (χ2n) is 5.16. The highest BCUT2D eigenvalue weighted by molar-refractivity contribution is 5.85. The van der Waals surface area contributed by atoms with Crippen molar-refractivity contribution in [3.63, 3.8) is 0 Å². The van der Waals surface area contributed by atoms with Gasteiger partial charge < -0.3 is 14.7 Å². The van der Waals surface area contributed by atoms with Crippen molar-refractivity contribution in [2.45, 2.75) is 26.2 Å². The Morgan fingerprint density at radius 3 is 2.21 bits per heavy atom. The number of amides is 3. The third kappa shape index (κ3) is 3.45. The molecule has 106 valence electrons. The Morgan fingerprint density at radius 1 is 1.00 bits per heavy atom. The zero-order valence-electron chi connectivity index (χ0n) is 11.4. The van der Waals surface area contributed by atoms with E-state index < -0.39 is 0 Å². The van der Waals surface area contributed by atoms with E-state index in [-0.39, 0.29) is 24.3 Å². The van der Waals surface area contributed by atoms with Gasteiger partial charge in [0, 0.05) is 46.1 Å². The third-order valence-electron chi connectivity index (χ3n) is 3.83. The van der Waals surface area contributed by atoms with Crippen LogP contribution >= 0.6 is 0 Å². The lowest BCUT2D eigenvalue weighted by Gasteiger charge is -2.36. The van der Waals surface area contributed by atoms with E-state index in [1.807, 2.05) is 0 Å². The van der Waals surface area contributed by atoms with Gasteiger partial charge in [-0.25, -0.2) is 0 Å². The fourth-order valence-electron chi connectivity index (χ4n) is 2.56. The van der Waals surface area contributed by atoms with E-state index in [4.69, 9.17) is 0 Å². The van der Waals surface area contributed by atoms with Crippen LogP contribution in [-0.4, -0.2) is 71.7 Å². The standard InChI is InChI=1S/C13H21N3O3/c1-11(17)14-6-8-15(9-7-14)13(19)10-16-5-3-2-4-12(16)18/h2-10H2,1H3. The minimum absolute atomic E-state index is 0.00143. The monoisotopic (exact) mass is 267 g/mol. The topological polar surface area (TPSA) is 60.9 Å². The van der Waals surface area contributed by atoms with Crippen LogP contribution in [0.4, 0.5) is 0 Å². The maximum atomic E-state index is 12.1. The molecule has 6 heteroatoms. The fraction of sp³-hybridized carbons (Fsp3) is 0.769. The molecule has 0 radical (unpaired) electrons. The van der Waals surface area contributed by atoms with E-state index in [0.29, 0.717) is 39.1 Å². The molecule has 0 atom stereocenters. The molecule has 0 saturated carbocycles. The van der Waals surface area contributed by atoms with Crippen LogP contribution in [0, 0.1) is 0 Å². The highest BCUT2D eigenvalue weighted by Gasteiger charge is 2.26. The van der Waals surface area contributed by atoms with Crippen LogP contribution in [-0.2, 0) is 14.4 Å². The second-order valence-corrected chi connectivity index (χ2v) is 5.16. The van der Waals surface area contributed by atoms with Crippen LogP contribution in [0.25, 0.3) is 0 Å². The van der Waals surface area contributed by atoms with Gasteiger partial charge in [-0.05, 0) is 12.8 Å². The SMILES string of the molecule is CC(=O)N1CCN(C(=O)CN2CCCCC2=O)CC1. The van der Waals surface area contributed by atoms with Crippen LogP contribution in [0.15, 0.2) is 0 Å². The summed E-state index contributed by atoms with van der Waals surface area (Å²) in [5.41, 5.74) is 0. The molecule has 0 aromatic carbocycles. The Hall–Kier alpha value is -1.59. The molecule has 19 heavy (non-hydrogen) atoms. The Morgan fingerprint density at radius 2 is 1.63 bits per heavy atom. The van der Waals surface area contributed by atoms with Gasteiger partial charge in [-0.1, -0.05) is 0 Å². The highest BCUT2D eigenvalue weighted by atomic mass is 16.2. The Labute approximate surface area is 113 Å². The van der Waals surface area contributed by atoms with E-state index >= 15 is 0 Å². The van der Waals surface area contributed by atoms with E-state index in [1.54, 1.807) is 21.6 Å². The molecule has 3 amide bonds. The Bertz CT molecular complexity index is 375. The molecule has 2 heterocycles. The van der Waals surface area contributed by atoms with Crippen LogP contribution < -0.4 is 0 Å². The van der Waals surface area contributed by atoms with Crippen molar-refractivity contribution in [1.29, 1.82) is 0 Å². The van der Waals surface area contributed by atoms with E-state index in [1.165, 1.54) is 0 Å². The number of rotatable bonds is 2. The summed E-state index contributed by atoms with van der Waals surface area (Å²) >= 11 is 0. The van der Waals surface area contributed by atoms with Crippen molar-refractivity contribution >= 4 is 17.7 Å². The van der Waals surface area contributed by atoms with Gasteiger partial charge in [0.1, 0.15) is 0 Å². The second kappa shape index (κ2) is 6.04. The largest absolute Gasteiger partial charge is 0.339 e. The van der Waals surface area contributed by atoms with Crippen LogP contribution in [0.2, 0.25) is 0 Å². The Balaban J connectivity index is 1.81. The average molecular weight is 267 g/mol. The lowest BCUT2D eigenvalue weighted by molar-refractivity contribution is -0.144. The summed E-state index contributed by atoms with van der Waals surface area (Å²) in [5, 5.41) is 0. The minimum Gasteiger partial charge on any atom is -0.339 e. The van der Waals surface area contributed by atoms with Crippen molar-refractivity contribution in [3.8, 4) is 0 Å². The summed E-state index contributed by atoms with van der Waals surface area (Å²) in [6, 6.07) is 0. The molecule has 0 unspecified atom stereocenters. The molecule has 2 saturated heterocycles. The van der Waals surface area contributed by atoms with E-state index in [0.717, 1.165) is 12.8 Å². The molecular weight excluding hydrogens is 246 g/mol. The number of carbonyl (C=O) groups excluding carboxylic acids is 3. The quantitative estimate of drug-likeness (QED) is 0.689. The summed E-state index contributed by atoms with van der Waals surface area (Å²) in [6.07, 6.45) is 2.48. The molecule has 0 aliphatic carbocycles. The summed E-state index contributed by atoms with van der Waals surface area (Å²) in [7, 11) is 0. The van der Waals surface area contributed by atoms with E-state index in [2.05, 4.69) is 0 Å². The van der Waals surface area contributed by atoms with E-state index in [9.17, 15) is 14.4 Å². The van der Waals surface area contributed by atoms with Crippen LogP contribution in [0.1, 0.15) is 26.2 Å². The highest BCUT2D eigenvalue weighted by Crippen LogP contribution is 2.11. The first-order valence-electron chi connectivity index (χ1n) is 6.89. The molecule has 0 aromatic rings. The van der Waals surface area contributed by atoms with Gasteiger partial charge in [-0.15, -0.1) is 0 Å². The van der Waals surface area contributed by atoms with Gasteiger partial charge in [-0.3, -0.25) is 14.4 Å². The van der Waals surface area contributed by atoms with Gasteiger partial charge in [0.25, 0.3) is 0 Å². The van der Waals surface area contributed by atoms with Crippen molar-refractivity contribution in [3.05, 3.63) is 0 Å². The average Bonchev–Trinajstić information content (AvgIpc) is 2.41. The fourth-order valence-corrected chi connectivity index (χ4v) is 2.56. The smallest absolute Gasteiger partial charge is 0.242 e. The van der Waals surface area contributed by atoms with Crippen molar-refractivity contribution in [2.24, 2.45) is 0 Å². The number of carbonyl (C=O) groups is 3. The zero-order valence-corrected chi connectivity index (χ0v) is 11.4. The zero-order chi connectivity index (χ0) is 13.8. The number of hydrogen-bond acceptors (Lipinski definition) is 3. The summed E-state index contributed by atoms with van der Waals surface area (Å²) in [6.45, 7) is 4.76. The van der Waals surface area contributed by atoms with Crippen LogP contribution in [0.3, 0.4) is 0 Å². The first-order valence-corrected chi connectivity index (χ1v) is 6.89.